The molecule has 31 heavy (non-hydrogen) atoms. The van der Waals surface area contributed by atoms with Gasteiger partial charge in [0.1, 0.15) is 0 Å². The van der Waals surface area contributed by atoms with Gasteiger partial charge in [0, 0.05) is 36.6 Å². The maximum atomic E-state index is 12.9. The van der Waals surface area contributed by atoms with Crippen LogP contribution in [0.15, 0.2) is 66.4 Å². The second kappa shape index (κ2) is 11.9. The third kappa shape index (κ3) is 6.57. The van der Waals surface area contributed by atoms with Crippen molar-refractivity contribution >= 4 is 17.5 Å². The van der Waals surface area contributed by atoms with Crippen LogP contribution in [0.25, 0.3) is 0 Å². The molecule has 3 atom stereocenters. The fraction of sp³-hybridized carbons (Fsp3) is 0.400. The lowest BCUT2D eigenvalue weighted by molar-refractivity contribution is -0.166. The average Bonchev–Trinajstić information content (AvgIpc) is 2.79. The highest BCUT2D eigenvalue weighted by Crippen LogP contribution is 2.39. The van der Waals surface area contributed by atoms with E-state index in [1.165, 1.54) is 0 Å². The highest BCUT2D eigenvalue weighted by atomic mass is 35.5. The summed E-state index contributed by atoms with van der Waals surface area (Å²) in [4.78, 5) is 12.9. The molecule has 1 amide bonds. The normalized spacial score (nSPS) is 20.6. The van der Waals surface area contributed by atoms with E-state index in [0.29, 0.717) is 31.0 Å². The number of benzene rings is 2. The van der Waals surface area contributed by atoms with Crippen molar-refractivity contribution in [2.75, 3.05) is 19.8 Å². The fourth-order valence-electron chi connectivity index (χ4n) is 3.88. The number of halogens is 1. The molecule has 6 heteroatoms. The van der Waals surface area contributed by atoms with E-state index in [2.05, 4.69) is 5.32 Å². The first-order chi connectivity index (χ1) is 15.1. The molecule has 5 nitrogen and oxygen atoms in total. The molecular weight excluding hydrogens is 414 g/mol. The van der Waals surface area contributed by atoms with Crippen molar-refractivity contribution in [1.82, 2.24) is 5.32 Å². The molecule has 0 aliphatic carbocycles. The number of ether oxygens (including phenoxy) is 2. The van der Waals surface area contributed by atoms with Crippen molar-refractivity contribution in [1.29, 1.82) is 0 Å². The number of carbonyl (C=O) groups is 1. The predicted molar refractivity (Wildman–Crippen MR) is 122 cm³/mol. The van der Waals surface area contributed by atoms with Gasteiger partial charge in [0.05, 0.1) is 0 Å². The van der Waals surface area contributed by atoms with Crippen molar-refractivity contribution in [3.8, 4) is 0 Å². The Labute approximate surface area is 189 Å². The number of hydrogen-bond acceptors (Lipinski definition) is 4. The first-order valence-corrected chi connectivity index (χ1v) is 11.2. The molecule has 0 radical (unpaired) electrons. The van der Waals surface area contributed by atoms with Gasteiger partial charge in [0.2, 0.25) is 6.29 Å². The molecule has 1 heterocycles. The van der Waals surface area contributed by atoms with Crippen LogP contribution in [0.1, 0.15) is 36.8 Å². The molecule has 2 N–H and O–H groups in total. The summed E-state index contributed by atoms with van der Waals surface area (Å²) in [6, 6.07) is 17.6. The molecule has 0 aromatic heterocycles. The van der Waals surface area contributed by atoms with E-state index in [1.54, 1.807) is 0 Å². The van der Waals surface area contributed by atoms with E-state index >= 15 is 0 Å². The van der Waals surface area contributed by atoms with Gasteiger partial charge in [-0.15, -0.1) is 0 Å². The van der Waals surface area contributed by atoms with Gasteiger partial charge in [-0.1, -0.05) is 54.1 Å². The number of allylic oxidation sites excluding steroid dienone is 1. The number of aliphatic hydroxyl groups is 1. The van der Waals surface area contributed by atoms with Crippen molar-refractivity contribution < 1.29 is 19.4 Å². The zero-order valence-corrected chi connectivity index (χ0v) is 18.6. The summed E-state index contributed by atoms with van der Waals surface area (Å²) in [6.45, 7) is 2.99. The summed E-state index contributed by atoms with van der Waals surface area (Å²) in [5, 5.41) is 13.0. The predicted octanol–water partition coefficient (Wildman–Crippen LogP) is 4.45. The van der Waals surface area contributed by atoms with Crippen molar-refractivity contribution in [2.24, 2.45) is 5.92 Å². The Hall–Kier alpha value is -2.34. The van der Waals surface area contributed by atoms with Crippen LogP contribution in [0.3, 0.4) is 0 Å². The maximum absolute atomic E-state index is 12.9. The van der Waals surface area contributed by atoms with Gasteiger partial charge in [0.15, 0.2) is 5.76 Å². The molecule has 0 saturated carbocycles. The van der Waals surface area contributed by atoms with E-state index in [9.17, 15) is 9.90 Å². The fourth-order valence-corrected chi connectivity index (χ4v) is 4.01. The number of carbonyl (C=O) groups excluding carboxylic acids is 1. The van der Waals surface area contributed by atoms with Crippen LogP contribution in [0.4, 0.5) is 0 Å². The largest absolute Gasteiger partial charge is 0.459 e. The van der Waals surface area contributed by atoms with Crippen LogP contribution >= 0.6 is 11.6 Å². The number of hydrogen-bond donors (Lipinski definition) is 2. The first-order valence-electron chi connectivity index (χ1n) is 10.8. The molecule has 166 valence electrons. The number of rotatable bonds is 10. The van der Waals surface area contributed by atoms with E-state index in [4.69, 9.17) is 21.1 Å². The van der Waals surface area contributed by atoms with Gasteiger partial charge in [-0.3, -0.25) is 4.79 Å². The number of nitrogens with one attached hydrogen (secondary N) is 1. The van der Waals surface area contributed by atoms with Crippen LogP contribution in [-0.2, 0) is 20.7 Å². The topological polar surface area (TPSA) is 67.8 Å². The molecule has 1 aliphatic rings. The monoisotopic (exact) mass is 443 g/mol. The summed E-state index contributed by atoms with van der Waals surface area (Å²) in [5.41, 5.74) is 2.20. The molecule has 3 rings (SSSR count). The lowest BCUT2D eigenvalue weighted by Crippen LogP contribution is -2.39. The smallest absolute Gasteiger partial charge is 0.286 e. The van der Waals surface area contributed by atoms with Crippen molar-refractivity contribution in [3.63, 3.8) is 0 Å². The Morgan fingerprint density at radius 3 is 2.58 bits per heavy atom. The summed E-state index contributed by atoms with van der Waals surface area (Å²) < 4.78 is 11.9. The Morgan fingerprint density at radius 2 is 1.90 bits per heavy atom. The zero-order valence-electron chi connectivity index (χ0n) is 17.8. The van der Waals surface area contributed by atoms with E-state index < -0.39 is 6.29 Å². The second-order valence-corrected chi connectivity index (χ2v) is 8.01. The zero-order chi connectivity index (χ0) is 22.1. The Morgan fingerprint density at radius 1 is 1.16 bits per heavy atom. The molecule has 0 bridgehead atoms. The van der Waals surface area contributed by atoms with Gasteiger partial charge < -0.3 is 19.9 Å². The van der Waals surface area contributed by atoms with Gasteiger partial charge >= 0.3 is 0 Å². The van der Waals surface area contributed by atoms with Gasteiger partial charge in [0.25, 0.3) is 5.91 Å². The second-order valence-electron chi connectivity index (χ2n) is 7.57. The van der Waals surface area contributed by atoms with Crippen LogP contribution < -0.4 is 5.32 Å². The lowest BCUT2D eigenvalue weighted by Gasteiger charge is -2.37. The molecule has 2 aromatic carbocycles. The van der Waals surface area contributed by atoms with Gasteiger partial charge in [-0.2, -0.15) is 0 Å². The molecule has 2 aromatic rings. The highest BCUT2D eigenvalue weighted by Gasteiger charge is 2.37. The quantitative estimate of drug-likeness (QED) is 0.569. The highest BCUT2D eigenvalue weighted by molar-refractivity contribution is 6.30. The molecule has 0 spiro atoms. The Bertz CT molecular complexity index is 854. The van der Waals surface area contributed by atoms with Crippen LogP contribution in [0, 0.1) is 5.92 Å². The Balaban J connectivity index is 1.78. The van der Waals surface area contributed by atoms with Crippen molar-refractivity contribution in [2.45, 2.75) is 38.4 Å². The van der Waals surface area contributed by atoms with E-state index in [-0.39, 0.29) is 30.1 Å². The summed E-state index contributed by atoms with van der Waals surface area (Å²) in [5.74, 6) is -0.0787. The van der Waals surface area contributed by atoms with Crippen LogP contribution in [0.2, 0.25) is 5.02 Å². The SMILES string of the molecule is CCO[C@H]1OC(C(=O)NCCc2ccccc2)=C[C@@H](c2ccc(Cl)cc2)[C@H]1CCCO. The molecule has 0 saturated heterocycles. The third-order valence-electron chi connectivity index (χ3n) is 5.43. The van der Waals surface area contributed by atoms with Crippen molar-refractivity contribution in [3.05, 3.63) is 82.6 Å². The number of amides is 1. The van der Waals surface area contributed by atoms with Gasteiger partial charge in [-0.05, 0) is 55.5 Å². The molecule has 0 fully saturated rings. The minimum atomic E-state index is -0.558. The van der Waals surface area contributed by atoms with E-state index in [1.807, 2.05) is 67.6 Å². The summed E-state index contributed by atoms with van der Waals surface area (Å²) in [7, 11) is 0. The van der Waals surface area contributed by atoms with E-state index in [0.717, 1.165) is 17.5 Å². The maximum Gasteiger partial charge on any atom is 0.286 e. The lowest BCUT2D eigenvalue weighted by atomic mass is 9.80. The van der Waals surface area contributed by atoms with Crippen LogP contribution in [-0.4, -0.2) is 37.1 Å². The minimum absolute atomic E-state index is 0.0193. The Kier molecular flexibility index (Phi) is 8.95. The first kappa shape index (κ1) is 23.3. The molecular formula is C25H30ClNO4. The molecule has 1 aliphatic heterocycles. The number of aliphatic hydroxyl groups excluding tert-OH is 1. The standard InChI is InChI=1S/C25H30ClNO4/c1-2-30-25-21(9-6-16-28)22(19-10-12-20(26)13-11-19)17-23(31-25)24(29)27-15-14-18-7-4-3-5-8-18/h3-5,7-8,10-13,17,21-22,25,28H,2,6,9,14-16H2,1H3,(H,27,29)/t21-,22+,25+/m1/s1. The average molecular weight is 444 g/mol. The summed E-state index contributed by atoms with van der Waals surface area (Å²) >= 11 is 6.07. The molecule has 0 unspecified atom stereocenters. The minimum Gasteiger partial charge on any atom is -0.459 e. The summed E-state index contributed by atoms with van der Waals surface area (Å²) in [6.07, 6.45) is 3.41. The van der Waals surface area contributed by atoms with Crippen LogP contribution in [0.5, 0.6) is 0 Å². The third-order valence-corrected chi connectivity index (χ3v) is 5.68. The van der Waals surface area contributed by atoms with Gasteiger partial charge in [-0.25, -0.2) is 0 Å².